The van der Waals surface area contributed by atoms with Gasteiger partial charge in [-0.05, 0) is 50.5 Å². The van der Waals surface area contributed by atoms with Crippen LogP contribution in [0.15, 0.2) is 24.3 Å². The second-order valence-corrected chi connectivity index (χ2v) is 6.87. The lowest BCUT2D eigenvalue weighted by molar-refractivity contribution is 0.252. The van der Waals surface area contributed by atoms with E-state index in [0.717, 1.165) is 41.6 Å². The highest BCUT2D eigenvalue weighted by Crippen LogP contribution is 2.21. The van der Waals surface area contributed by atoms with Gasteiger partial charge < -0.3 is 25.6 Å². The molecule has 3 rings (SSSR count). The highest BCUT2D eigenvalue weighted by molar-refractivity contribution is 5.90. The van der Waals surface area contributed by atoms with Crippen LogP contribution in [-0.4, -0.2) is 49.3 Å². The number of methoxy groups -OCH3 is 1. The van der Waals surface area contributed by atoms with Crippen LogP contribution in [0, 0.1) is 13.8 Å². The van der Waals surface area contributed by atoms with Crippen molar-refractivity contribution < 1.29 is 9.53 Å². The molecule has 0 saturated carbocycles. The topological polar surface area (TPSA) is 91.4 Å². The molecule has 0 bridgehead atoms. The van der Waals surface area contributed by atoms with Crippen molar-refractivity contribution in [3.63, 3.8) is 0 Å². The number of ether oxygens (including phenoxy) is 1. The van der Waals surface area contributed by atoms with Crippen LogP contribution in [0.2, 0.25) is 0 Å². The van der Waals surface area contributed by atoms with E-state index in [0.29, 0.717) is 19.0 Å². The van der Waals surface area contributed by atoms with Crippen LogP contribution in [0.25, 0.3) is 0 Å². The summed E-state index contributed by atoms with van der Waals surface area (Å²) in [6.07, 6.45) is 2.41. The molecule has 0 radical (unpaired) electrons. The Kier molecular flexibility index (Phi) is 6.52. The van der Waals surface area contributed by atoms with Crippen molar-refractivity contribution in [1.82, 2.24) is 15.3 Å². The van der Waals surface area contributed by atoms with Gasteiger partial charge in [-0.1, -0.05) is 0 Å². The second kappa shape index (κ2) is 9.25. The smallest absolute Gasteiger partial charge is 0.319 e. The number of hydrogen-bond acceptors (Lipinski definition) is 6. The Morgan fingerprint density at radius 3 is 2.64 bits per heavy atom. The first-order valence-corrected chi connectivity index (χ1v) is 9.59. The molecule has 1 saturated heterocycles. The van der Waals surface area contributed by atoms with Gasteiger partial charge >= 0.3 is 6.03 Å². The molecular weight excluding hydrogens is 356 g/mol. The van der Waals surface area contributed by atoms with Crippen molar-refractivity contribution >= 4 is 23.5 Å². The molecule has 0 aliphatic carbocycles. The molecule has 0 atom stereocenters. The number of nitrogens with zero attached hydrogens (tertiary/aromatic N) is 3. The monoisotopic (exact) mass is 384 g/mol. The Morgan fingerprint density at radius 2 is 1.93 bits per heavy atom. The van der Waals surface area contributed by atoms with Crippen LogP contribution in [0.1, 0.15) is 24.1 Å². The van der Waals surface area contributed by atoms with E-state index in [2.05, 4.69) is 30.8 Å². The maximum absolute atomic E-state index is 12.1. The van der Waals surface area contributed by atoms with Crippen LogP contribution in [0.4, 0.5) is 22.2 Å². The zero-order valence-electron chi connectivity index (χ0n) is 16.7. The van der Waals surface area contributed by atoms with Gasteiger partial charge in [0, 0.05) is 43.6 Å². The summed E-state index contributed by atoms with van der Waals surface area (Å²) < 4.78 is 5.17. The summed E-state index contributed by atoms with van der Waals surface area (Å²) in [5.41, 5.74) is 2.62. The molecular formula is C20H28N6O2. The third kappa shape index (κ3) is 5.25. The van der Waals surface area contributed by atoms with E-state index in [9.17, 15) is 4.79 Å². The first kappa shape index (κ1) is 19.7. The zero-order valence-corrected chi connectivity index (χ0v) is 16.7. The molecule has 0 spiro atoms. The largest absolute Gasteiger partial charge is 0.497 e. The highest BCUT2D eigenvalue weighted by atomic mass is 16.5. The van der Waals surface area contributed by atoms with Crippen molar-refractivity contribution in [2.45, 2.75) is 26.7 Å². The van der Waals surface area contributed by atoms with Gasteiger partial charge in [0.25, 0.3) is 0 Å². The summed E-state index contributed by atoms with van der Waals surface area (Å²) in [4.78, 5) is 23.4. The highest BCUT2D eigenvalue weighted by Gasteiger charge is 2.15. The van der Waals surface area contributed by atoms with E-state index in [1.54, 1.807) is 7.11 Å². The number of carbonyl (C=O) groups is 1. The van der Waals surface area contributed by atoms with E-state index in [-0.39, 0.29) is 6.03 Å². The number of amides is 2. The number of anilines is 3. The standard InChI is InChI=1S/C20H28N6O2/c1-14-12-16(28-3)6-7-17(14)24-20(27)22-9-8-21-19-23-15(2)13-18(25-19)26-10-4-5-11-26/h6-7,12-13H,4-5,8-11H2,1-3H3,(H,21,23,25)(H2,22,24,27). The van der Waals surface area contributed by atoms with E-state index in [1.807, 2.05) is 38.1 Å². The average molecular weight is 384 g/mol. The number of aryl methyl sites for hydroxylation is 2. The van der Waals surface area contributed by atoms with Crippen LogP contribution >= 0.6 is 0 Å². The molecule has 1 aromatic heterocycles. The van der Waals surface area contributed by atoms with Gasteiger partial charge in [-0.15, -0.1) is 0 Å². The number of hydrogen-bond donors (Lipinski definition) is 3. The van der Waals surface area contributed by atoms with Gasteiger partial charge in [-0.2, -0.15) is 4.98 Å². The molecule has 150 valence electrons. The van der Waals surface area contributed by atoms with Crippen LogP contribution in [0.3, 0.4) is 0 Å². The first-order chi connectivity index (χ1) is 13.5. The third-order valence-corrected chi connectivity index (χ3v) is 4.65. The Hall–Kier alpha value is -3.03. The molecule has 2 aromatic rings. The van der Waals surface area contributed by atoms with Crippen molar-refractivity contribution in [3.8, 4) is 5.75 Å². The summed E-state index contributed by atoms with van der Waals surface area (Å²) in [6, 6.07) is 7.28. The Morgan fingerprint density at radius 1 is 1.14 bits per heavy atom. The molecule has 8 heteroatoms. The molecule has 0 unspecified atom stereocenters. The normalized spacial score (nSPS) is 13.3. The molecule has 3 N–H and O–H groups in total. The van der Waals surface area contributed by atoms with Crippen molar-refractivity contribution in [1.29, 1.82) is 0 Å². The van der Waals surface area contributed by atoms with Crippen molar-refractivity contribution in [2.75, 3.05) is 48.8 Å². The lowest BCUT2D eigenvalue weighted by Crippen LogP contribution is -2.33. The minimum absolute atomic E-state index is 0.252. The minimum atomic E-state index is -0.252. The Balaban J connectivity index is 1.46. The number of aromatic nitrogens is 2. The molecule has 8 nitrogen and oxygen atoms in total. The van der Waals surface area contributed by atoms with Crippen molar-refractivity contribution in [2.24, 2.45) is 0 Å². The quantitative estimate of drug-likeness (QED) is 0.636. The van der Waals surface area contributed by atoms with Crippen LogP contribution < -0.4 is 25.6 Å². The number of carbonyl (C=O) groups excluding carboxylic acids is 1. The predicted molar refractivity (Wildman–Crippen MR) is 111 cm³/mol. The molecule has 1 aliphatic heterocycles. The van der Waals surface area contributed by atoms with E-state index >= 15 is 0 Å². The summed E-state index contributed by atoms with van der Waals surface area (Å²) >= 11 is 0. The first-order valence-electron chi connectivity index (χ1n) is 9.59. The van der Waals surface area contributed by atoms with Gasteiger partial charge in [0.2, 0.25) is 5.95 Å². The fraction of sp³-hybridized carbons (Fsp3) is 0.450. The summed E-state index contributed by atoms with van der Waals surface area (Å²) in [5, 5.41) is 8.86. The van der Waals surface area contributed by atoms with Gasteiger partial charge in [0.15, 0.2) is 0 Å². The van der Waals surface area contributed by atoms with Crippen molar-refractivity contribution in [3.05, 3.63) is 35.5 Å². The number of benzene rings is 1. The maximum Gasteiger partial charge on any atom is 0.319 e. The lowest BCUT2D eigenvalue weighted by atomic mass is 10.2. The third-order valence-electron chi connectivity index (χ3n) is 4.65. The lowest BCUT2D eigenvalue weighted by Gasteiger charge is -2.17. The van der Waals surface area contributed by atoms with Gasteiger partial charge in [0.1, 0.15) is 11.6 Å². The Labute approximate surface area is 165 Å². The Bertz CT molecular complexity index is 820. The maximum atomic E-state index is 12.1. The van der Waals surface area contributed by atoms with Crippen LogP contribution in [-0.2, 0) is 0 Å². The van der Waals surface area contributed by atoms with Gasteiger partial charge in [-0.3, -0.25) is 0 Å². The molecule has 1 aliphatic rings. The molecule has 2 heterocycles. The molecule has 2 amide bonds. The predicted octanol–water partition coefficient (Wildman–Crippen LogP) is 2.94. The van der Waals surface area contributed by atoms with Crippen LogP contribution in [0.5, 0.6) is 5.75 Å². The minimum Gasteiger partial charge on any atom is -0.497 e. The SMILES string of the molecule is COc1ccc(NC(=O)NCCNc2nc(C)cc(N3CCCC3)n2)c(C)c1. The molecule has 1 fully saturated rings. The number of urea groups is 1. The van der Waals surface area contributed by atoms with Gasteiger partial charge in [-0.25, -0.2) is 9.78 Å². The fourth-order valence-corrected chi connectivity index (χ4v) is 3.16. The fourth-order valence-electron chi connectivity index (χ4n) is 3.16. The molecule has 1 aromatic carbocycles. The van der Waals surface area contributed by atoms with E-state index < -0.39 is 0 Å². The summed E-state index contributed by atoms with van der Waals surface area (Å²) in [5.74, 6) is 2.32. The van der Waals surface area contributed by atoms with E-state index in [4.69, 9.17) is 4.74 Å². The summed E-state index contributed by atoms with van der Waals surface area (Å²) in [6.45, 7) is 6.97. The number of rotatable bonds is 7. The summed E-state index contributed by atoms with van der Waals surface area (Å²) in [7, 11) is 1.62. The van der Waals surface area contributed by atoms with E-state index in [1.165, 1.54) is 12.8 Å². The zero-order chi connectivity index (χ0) is 19.9. The van der Waals surface area contributed by atoms with Gasteiger partial charge in [0.05, 0.1) is 7.11 Å². The second-order valence-electron chi connectivity index (χ2n) is 6.87. The molecule has 28 heavy (non-hydrogen) atoms. The number of nitrogens with one attached hydrogen (secondary N) is 3. The average Bonchev–Trinajstić information content (AvgIpc) is 3.21.